The number of rotatable bonds is 6. The van der Waals surface area contributed by atoms with Crippen molar-refractivity contribution in [1.82, 2.24) is 9.78 Å². The third kappa shape index (κ3) is 4.69. The Morgan fingerprint density at radius 3 is 2.65 bits per heavy atom. The number of methoxy groups -OCH3 is 1. The van der Waals surface area contributed by atoms with E-state index in [-0.39, 0.29) is 5.75 Å². The molecule has 1 aromatic carbocycles. The predicted octanol–water partition coefficient (Wildman–Crippen LogP) is 2.38. The summed E-state index contributed by atoms with van der Waals surface area (Å²) in [5, 5.41) is 6.85. The van der Waals surface area contributed by atoms with E-state index in [1.54, 1.807) is 24.7 Å². The van der Waals surface area contributed by atoms with E-state index in [1.807, 2.05) is 6.92 Å². The number of aromatic nitrogens is 2. The maximum absolute atomic E-state index is 13.6. The van der Waals surface area contributed by atoms with Crippen LogP contribution in [0.15, 0.2) is 24.3 Å². The van der Waals surface area contributed by atoms with Crippen molar-refractivity contribution in [2.45, 2.75) is 13.8 Å². The summed E-state index contributed by atoms with van der Waals surface area (Å²) in [5.41, 5.74) is 2.53. The van der Waals surface area contributed by atoms with Crippen LogP contribution in [0, 0.1) is 19.7 Å². The molecule has 2 rings (SSSR count). The zero-order chi connectivity index (χ0) is 19.3. The highest BCUT2D eigenvalue weighted by molar-refractivity contribution is 5.95. The summed E-state index contributed by atoms with van der Waals surface area (Å²) in [6, 6.07) is 4.27. The smallest absolute Gasteiger partial charge is 0.331 e. The molecule has 0 aliphatic heterocycles. The zero-order valence-electron chi connectivity index (χ0n) is 15.0. The molecule has 2 aromatic rings. The van der Waals surface area contributed by atoms with Crippen molar-refractivity contribution >= 4 is 23.6 Å². The minimum atomic E-state index is -0.712. The molecular weight excluding hydrogens is 341 g/mol. The lowest BCUT2D eigenvalue weighted by Crippen LogP contribution is -2.20. The van der Waals surface area contributed by atoms with E-state index < -0.39 is 24.3 Å². The number of nitrogens with zero attached hydrogens (tertiary/aromatic N) is 2. The van der Waals surface area contributed by atoms with E-state index >= 15 is 0 Å². The molecule has 1 amide bonds. The fourth-order valence-corrected chi connectivity index (χ4v) is 2.27. The Bertz CT molecular complexity index is 858. The van der Waals surface area contributed by atoms with Gasteiger partial charge in [-0.25, -0.2) is 9.18 Å². The van der Waals surface area contributed by atoms with Crippen molar-refractivity contribution < 1.29 is 23.5 Å². The maximum Gasteiger partial charge on any atom is 0.331 e. The van der Waals surface area contributed by atoms with Gasteiger partial charge in [-0.1, -0.05) is 6.07 Å². The Morgan fingerprint density at radius 1 is 1.35 bits per heavy atom. The molecule has 0 bridgehead atoms. The van der Waals surface area contributed by atoms with E-state index in [0.29, 0.717) is 16.9 Å². The van der Waals surface area contributed by atoms with Gasteiger partial charge in [0.05, 0.1) is 24.2 Å². The molecule has 1 heterocycles. The monoisotopic (exact) mass is 361 g/mol. The number of esters is 1. The summed E-state index contributed by atoms with van der Waals surface area (Å²) in [6.45, 7) is 3.15. The van der Waals surface area contributed by atoms with Gasteiger partial charge in [-0.15, -0.1) is 0 Å². The van der Waals surface area contributed by atoms with Gasteiger partial charge in [0.15, 0.2) is 18.2 Å². The summed E-state index contributed by atoms with van der Waals surface area (Å²) in [5.74, 6) is -1.61. The molecule has 26 heavy (non-hydrogen) atoms. The average molecular weight is 361 g/mol. The Balaban J connectivity index is 1.88. The number of hydrogen-bond donors (Lipinski definition) is 1. The van der Waals surface area contributed by atoms with Gasteiger partial charge in [-0.2, -0.15) is 5.10 Å². The van der Waals surface area contributed by atoms with E-state index in [2.05, 4.69) is 10.4 Å². The van der Waals surface area contributed by atoms with Gasteiger partial charge in [0.2, 0.25) is 0 Å². The van der Waals surface area contributed by atoms with Crippen molar-refractivity contribution in [2.75, 3.05) is 19.0 Å². The second-order valence-electron chi connectivity index (χ2n) is 5.55. The SMILES string of the molecule is COc1ccc(/C=C/C(=O)OCC(=O)Nc2c(C)nn(C)c2C)cc1F. The molecule has 0 unspecified atom stereocenters. The first-order chi connectivity index (χ1) is 12.3. The molecule has 138 valence electrons. The van der Waals surface area contributed by atoms with E-state index in [4.69, 9.17) is 9.47 Å². The van der Waals surface area contributed by atoms with Gasteiger partial charge in [0.1, 0.15) is 0 Å². The Kier molecular flexibility index (Phi) is 6.11. The standard InChI is InChI=1S/C18H20FN3O4/c1-11-18(12(2)22(3)21-11)20-16(23)10-26-17(24)8-6-13-5-7-15(25-4)14(19)9-13/h5-9H,10H2,1-4H3,(H,20,23)/b8-6+. The van der Waals surface area contributed by atoms with E-state index in [0.717, 1.165) is 11.8 Å². The number of carbonyl (C=O) groups is 2. The average Bonchev–Trinajstić information content (AvgIpc) is 2.84. The molecule has 0 radical (unpaired) electrons. The first-order valence-electron chi connectivity index (χ1n) is 7.80. The number of carbonyl (C=O) groups excluding carboxylic acids is 2. The highest BCUT2D eigenvalue weighted by Gasteiger charge is 2.13. The quantitative estimate of drug-likeness (QED) is 0.631. The number of aryl methyl sites for hydroxylation is 2. The van der Waals surface area contributed by atoms with E-state index in [1.165, 1.54) is 25.3 Å². The van der Waals surface area contributed by atoms with Crippen molar-refractivity contribution in [1.29, 1.82) is 0 Å². The molecule has 1 aromatic heterocycles. The molecule has 0 atom stereocenters. The van der Waals surface area contributed by atoms with Crippen molar-refractivity contribution in [3.05, 3.63) is 47.0 Å². The largest absolute Gasteiger partial charge is 0.494 e. The number of halogens is 1. The summed E-state index contributed by atoms with van der Waals surface area (Å²) in [4.78, 5) is 23.6. The van der Waals surface area contributed by atoms with Gasteiger partial charge in [-0.05, 0) is 37.6 Å². The van der Waals surface area contributed by atoms with Crippen LogP contribution in [-0.2, 0) is 21.4 Å². The maximum atomic E-state index is 13.6. The van der Waals surface area contributed by atoms with Crippen LogP contribution in [0.5, 0.6) is 5.75 Å². The highest BCUT2D eigenvalue weighted by atomic mass is 19.1. The number of anilines is 1. The molecule has 7 nitrogen and oxygen atoms in total. The Labute approximate surface area is 150 Å². The zero-order valence-corrected chi connectivity index (χ0v) is 15.0. The third-order valence-corrected chi connectivity index (χ3v) is 3.71. The Morgan fingerprint density at radius 2 is 2.08 bits per heavy atom. The van der Waals surface area contributed by atoms with Crippen LogP contribution in [0.2, 0.25) is 0 Å². The summed E-state index contributed by atoms with van der Waals surface area (Å²) >= 11 is 0. The first-order valence-corrected chi connectivity index (χ1v) is 7.80. The predicted molar refractivity (Wildman–Crippen MR) is 94.3 cm³/mol. The third-order valence-electron chi connectivity index (χ3n) is 3.71. The second-order valence-corrected chi connectivity index (χ2v) is 5.55. The fourth-order valence-electron chi connectivity index (χ4n) is 2.27. The van der Waals surface area contributed by atoms with Gasteiger partial charge in [0.25, 0.3) is 5.91 Å². The van der Waals surface area contributed by atoms with Crippen molar-refractivity contribution in [3.8, 4) is 5.75 Å². The number of amides is 1. The topological polar surface area (TPSA) is 82.4 Å². The molecule has 8 heteroatoms. The molecule has 0 saturated carbocycles. The minimum Gasteiger partial charge on any atom is -0.494 e. The normalized spacial score (nSPS) is 10.8. The van der Waals surface area contributed by atoms with Crippen LogP contribution in [-0.4, -0.2) is 35.4 Å². The molecule has 0 aliphatic carbocycles. The molecule has 1 N–H and O–H groups in total. The van der Waals surface area contributed by atoms with Gasteiger partial charge in [-0.3, -0.25) is 9.48 Å². The minimum absolute atomic E-state index is 0.113. The van der Waals surface area contributed by atoms with Crippen LogP contribution in [0.1, 0.15) is 17.0 Å². The fraction of sp³-hybridized carbons (Fsp3) is 0.278. The molecule has 0 saturated heterocycles. The van der Waals surface area contributed by atoms with E-state index in [9.17, 15) is 14.0 Å². The van der Waals surface area contributed by atoms with Gasteiger partial charge < -0.3 is 14.8 Å². The lowest BCUT2D eigenvalue weighted by molar-refractivity contribution is -0.142. The lowest BCUT2D eigenvalue weighted by Gasteiger charge is -2.06. The number of nitrogens with one attached hydrogen (secondary N) is 1. The molecule has 0 fully saturated rings. The van der Waals surface area contributed by atoms with Crippen LogP contribution >= 0.6 is 0 Å². The second kappa shape index (κ2) is 8.28. The first kappa shape index (κ1) is 19.2. The van der Waals surface area contributed by atoms with Gasteiger partial charge in [0, 0.05) is 13.1 Å². The summed E-state index contributed by atoms with van der Waals surface area (Å²) < 4.78 is 24.9. The van der Waals surface area contributed by atoms with Gasteiger partial charge >= 0.3 is 5.97 Å². The molecular formula is C18H20FN3O4. The number of ether oxygens (including phenoxy) is 2. The van der Waals surface area contributed by atoms with Crippen LogP contribution in [0.3, 0.4) is 0 Å². The van der Waals surface area contributed by atoms with Crippen LogP contribution < -0.4 is 10.1 Å². The van der Waals surface area contributed by atoms with Crippen molar-refractivity contribution in [2.24, 2.45) is 7.05 Å². The summed E-state index contributed by atoms with van der Waals surface area (Å²) in [7, 11) is 3.13. The summed E-state index contributed by atoms with van der Waals surface area (Å²) in [6.07, 6.45) is 2.51. The van der Waals surface area contributed by atoms with Crippen molar-refractivity contribution in [3.63, 3.8) is 0 Å². The molecule has 0 spiro atoms. The molecule has 0 aliphatic rings. The number of hydrogen-bond acceptors (Lipinski definition) is 5. The lowest BCUT2D eigenvalue weighted by atomic mass is 10.2. The van der Waals surface area contributed by atoms with Crippen LogP contribution in [0.25, 0.3) is 6.08 Å². The number of benzene rings is 1. The highest BCUT2D eigenvalue weighted by Crippen LogP contribution is 2.19. The van der Waals surface area contributed by atoms with Crippen LogP contribution in [0.4, 0.5) is 10.1 Å². The Hall–Kier alpha value is -3.16.